The van der Waals surface area contributed by atoms with Gasteiger partial charge in [0.15, 0.2) is 0 Å². The van der Waals surface area contributed by atoms with Crippen molar-refractivity contribution in [2.45, 2.75) is 50.7 Å². The Hall–Kier alpha value is -0.860. The maximum atomic E-state index is 6.07. The van der Waals surface area contributed by atoms with E-state index >= 15 is 0 Å². The van der Waals surface area contributed by atoms with Crippen molar-refractivity contribution < 1.29 is 4.74 Å². The predicted molar refractivity (Wildman–Crippen MR) is 78.1 cm³/mol. The van der Waals surface area contributed by atoms with Gasteiger partial charge < -0.3 is 10.1 Å². The molecule has 0 amide bonds. The van der Waals surface area contributed by atoms with E-state index in [2.05, 4.69) is 42.6 Å². The van der Waals surface area contributed by atoms with Crippen LogP contribution in [0.5, 0.6) is 0 Å². The Bertz CT molecular complexity index is 399. The van der Waals surface area contributed by atoms with Crippen LogP contribution in [0.4, 0.5) is 0 Å². The lowest BCUT2D eigenvalue weighted by atomic mass is 9.69. The van der Waals surface area contributed by atoms with E-state index in [0.717, 1.165) is 19.1 Å². The van der Waals surface area contributed by atoms with E-state index in [1.165, 1.54) is 37.7 Å². The van der Waals surface area contributed by atoms with Gasteiger partial charge in [-0.1, -0.05) is 37.3 Å². The molecular weight excluding hydrogens is 234 g/mol. The highest BCUT2D eigenvalue weighted by Crippen LogP contribution is 2.47. The van der Waals surface area contributed by atoms with Gasteiger partial charge >= 0.3 is 0 Å². The van der Waals surface area contributed by atoms with Crippen LogP contribution in [0.1, 0.15) is 50.6 Å². The smallest absolute Gasteiger partial charge is 0.0686 e. The van der Waals surface area contributed by atoms with Crippen molar-refractivity contribution in [1.82, 2.24) is 5.32 Å². The number of nitrogens with one attached hydrogen (secondary N) is 1. The minimum Gasteiger partial charge on any atom is -0.375 e. The molecule has 1 aromatic rings. The molecule has 2 unspecified atom stereocenters. The van der Waals surface area contributed by atoms with Crippen LogP contribution >= 0.6 is 0 Å². The SMILES string of the molecule is CCNC(c1ccccc1)C1CCOC2(CCC2)C1. The molecule has 0 bridgehead atoms. The summed E-state index contributed by atoms with van der Waals surface area (Å²) >= 11 is 0. The minimum absolute atomic E-state index is 0.241. The summed E-state index contributed by atoms with van der Waals surface area (Å²) in [5.41, 5.74) is 1.68. The lowest BCUT2D eigenvalue weighted by Gasteiger charge is -2.49. The van der Waals surface area contributed by atoms with Crippen LogP contribution in [0, 0.1) is 5.92 Å². The Morgan fingerprint density at radius 2 is 2.11 bits per heavy atom. The molecule has 1 heterocycles. The third-order valence-electron chi connectivity index (χ3n) is 4.85. The summed E-state index contributed by atoms with van der Waals surface area (Å²) in [5.74, 6) is 0.719. The Morgan fingerprint density at radius 3 is 2.74 bits per heavy atom. The molecule has 1 aliphatic heterocycles. The molecule has 0 radical (unpaired) electrons. The van der Waals surface area contributed by atoms with E-state index < -0.39 is 0 Å². The highest BCUT2D eigenvalue weighted by molar-refractivity contribution is 5.20. The molecule has 2 fully saturated rings. The highest BCUT2D eigenvalue weighted by Gasteiger charge is 2.44. The largest absolute Gasteiger partial charge is 0.375 e. The molecule has 1 N–H and O–H groups in total. The topological polar surface area (TPSA) is 21.3 Å². The number of hydrogen-bond donors (Lipinski definition) is 1. The summed E-state index contributed by atoms with van der Waals surface area (Å²) in [6, 6.07) is 11.4. The van der Waals surface area contributed by atoms with Gasteiger partial charge in [0.1, 0.15) is 0 Å². The van der Waals surface area contributed by atoms with Crippen LogP contribution in [0.2, 0.25) is 0 Å². The summed E-state index contributed by atoms with van der Waals surface area (Å²) in [6.45, 7) is 4.18. The zero-order chi connectivity index (χ0) is 13.1. The standard InChI is InChI=1S/C17H25NO/c1-2-18-16(14-7-4-3-5-8-14)15-9-12-19-17(13-15)10-6-11-17/h3-5,7-8,15-16,18H,2,6,9-13H2,1H3. The third-order valence-corrected chi connectivity index (χ3v) is 4.85. The van der Waals surface area contributed by atoms with E-state index in [9.17, 15) is 0 Å². The van der Waals surface area contributed by atoms with Gasteiger partial charge in [-0.2, -0.15) is 0 Å². The van der Waals surface area contributed by atoms with Crippen molar-refractivity contribution >= 4 is 0 Å². The number of benzene rings is 1. The second kappa shape index (κ2) is 5.64. The number of rotatable bonds is 4. The van der Waals surface area contributed by atoms with E-state index in [0.29, 0.717) is 6.04 Å². The van der Waals surface area contributed by atoms with Crippen LogP contribution in [-0.2, 0) is 4.74 Å². The molecule has 1 saturated carbocycles. The minimum atomic E-state index is 0.241. The average Bonchev–Trinajstić information content (AvgIpc) is 2.44. The van der Waals surface area contributed by atoms with Crippen molar-refractivity contribution in [3.8, 4) is 0 Å². The highest BCUT2D eigenvalue weighted by atomic mass is 16.5. The van der Waals surface area contributed by atoms with Gasteiger partial charge in [-0.25, -0.2) is 0 Å². The summed E-state index contributed by atoms with van der Waals surface area (Å²) in [4.78, 5) is 0. The zero-order valence-corrected chi connectivity index (χ0v) is 11.9. The Balaban J connectivity index is 1.76. The second-order valence-electron chi connectivity index (χ2n) is 6.08. The molecular formula is C17H25NO. The fourth-order valence-corrected chi connectivity index (χ4v) is 3.71. The molecule has 3 rings (SSSR count). The molecule has 2 atom stereocenters. The monoisotopic (exact) mass is 259 g/mol. The Morgan fingerprint density at radius 1 is 1.32 bits per heavy atom. The number of ether oxygens (including phenoxy) is 1. The van der Waals surface area contributed by atoms with Gasteiger partial charge in [0.25, 0.3) is 0 Å². The van der Waals surface area contributed by atoms with Crippen molar-refractivity contribution in [2.24, 2.45) is 5.92 Å². The molecule has 1 aromatic carbocycles. The first kappa shape index (κ1) is 13.1. The third kappa shape index (κ3) is 2.70. The van der Waals surface area contributed by atoms with Crippen LogP contribution in [-0.4, -0.2) is 18.8 Å². The second-order valence-corrected chi connectivity index (χ2v) is 6.08. The number of hydrogen-bond acceptors (Lipinski definition) is 2. The van der Waals surface area contributed by atoms with E-state index in [1.54, 1.807) is 0 Å². The van der Waals surface area contributed by atoms with Crippen LogP contribution in [0.3, 0.4) is 0 Å². The maximum absolute atomic E-state index is 6.07. The van der Waals surface area contributed by atoms with Gasteiger partial charge in [0.2, 0.25) is 0 Å². The predicted octanol–water partition coefficient (Wildman–Crippen LogP) is 3.69. The Labute approximate surface area is 116 Å². The fourth-order valence-electron chi connectivity index (χ4n) is 3.71. The molecule has 19 heavy (non-hydrogen) atoms. The maximum Gasteiger partial charge on any atom is 0.0686 e. The summed E-state index contributed by atoms with van der Waals surface area (Å²) in [5, 5.41) is 3.70. The van der Waals surface area contributed by atoms with Crippen LogP contribution in [0.25, 0.3) is 0 Å². The van der Waals surface area contributed by atoms with Crippen molar-refractivity contribution in [3.05, 3.63) is 35.9 Å². The fraction of sp³-hybridized carbons (Fsp3) is 0.647. The average molecular weight is 259 g/mol. The van der Waals surface area contributed by atoms with Gasteiger partial charge in [0.05, 0.1) is 5.60 Å². The van der Waals surface area contributed by atoms with Gasteiger partial charge in [-0.15, -0.1) is 0 Å². The Kier molecular flexibility index (Phi) is 3.90. The van der Waals surface area contributed by atoms with Gasteiger partial charge in [-0.3, -0.25) is 0 Å². The zero-order valence-electron chi connectivity index (χ0n) is 11.9. The molecule has 1 saturated heterocycles. The van der Waals surface area contributed by atoms with Crippen LogP contribution < -0.4 is 5.32 Å². The molecule has 0 aromatic heterocycles. The molecule has 1 aliphatic carbocycles. The first-order valence-electron chi connectivity index (χ1n) is 7.75. The quantitative estimate of drug-likeness (QED) is 0.890. The van der Waals surface area contributed by atoms with Crippen molar-refractivity contribution in [2.75, 3.05) is 13.2 Å². The first-order valence-corrected chi connectivity index (χ1v) is 7.75. The molecule has 104 valence electrons. The van der Waals surface area contributed by atoms with Crippen molar-refractivity contribution in [1.29, 1.82) is 0 Å². The molecule has 1 spiro atoms. The lowest BCUT2D eigenvalue weighted by molar-refractivity contribution is -0.147. The lowest BCUT2D eigenvalue weighted by Crippen LogP contribution is -2.48. The summed E-state index contributed by atoms with van der Waals surface area (Å²) in [6.07, 6.45) is 6.33. The summed E-state index contributed by atoms with van der Waals surface area (Å²) < 4.78 is 6.07. The summed E-state index contributed by atoms with van der Waals surface area (Å²) in [7, 11) is 0. The van der Waals surface area contributed by atoms with Gasteiger partial charge in [0, 0.05) is 12.6 Å². The van der Waals surface area contributed by atoms with Gasteiger partial charge in [-0.05, 0) is 50.1 Å². The van der Waals surface area contributed by atoms with Crippen LogP contribution in [0.15, 0.2) is 30.3 Å². The first-order chi connectivity index (χ1) is 9.33. The molecule has 2 nitrogen and oxygen atoms in total. The molecule has 2 aliphatic rings. The molecule has 2 heteroatoms. The normalized spacial score (nSPS) is 26.9. The van der Waals surface area contributed by atoms with Crippen molar-refractivity contribution in [3.63, 3.8) is 0 Å². The van der Waals surface area contributed by atoms with E-state index in [1.807, 2.05) is 0 Å². The van der Waals surface area contributed by atoms with E-state index in [-0.39, 0.29) is 5.60 Å². The van der Waals surface area contributed by atoms with E-state index in [4.69, 9.17) is 4.74 Å².